The van der Waals surface area contributed by atoms with E-state index in [9.17, 15) is 0 Å². The Balaban J connectivity index is 2.04. The summed E-state index contributed by atoms with van der Waals surface area (Å²) < 4.78 is 0. The first kappa shape index (κ1) is 13.6. The van der Waals surface area contributed by atoms with Gasteiger partial charge in [0.15, 0.2) is 5.11 Å². The predicted octanol–water partition coefficient (Wildman–Crippen LogP) is 4.22. The van der Waals surface area contributed by atoms with Crippen LogP contribution in [0, 0.1) is 6.92 Å². The van der Waals surface area contributed by atoms with Gasteiger partial charge >= 0.3 is 0 Å². The molecule has 1 fully saturated rings. The lowest BCUT2D eigenvalue weighted by Gasteiger charge is -2.35. The van der Waals surface area contributed by atoms with Gasteiger partial charge in [0.25, 0.3) is 0 Å². The van der Waals surface area contributed by atoms with Gasteiger partial charge < -0.3 is 10.2 Å². The SMILES string of the molecule is Cc1ccc(NC(=S)N2CCCC[C@H]2C)cc1Cl. The van der Waals surface area contributed by atoms with Crippen molar-refractivity contribution in [2.45, 2.75) is 39.2 Å². The number of aryl methyl sites for hydroxylation is 1. The molecule has 18 heavy (non-hydrogen) atoms. The number of rotatable bonds is 1. The van der Waals surface area contributed by atoms with E-state index < -0.39 is 0 Å². The van der Waals surface area contributed by atoms with Crippen LogP contribution in [-0.4, -0.2) is 22.6 Å². The van der Waals surface area contributed by atoms with Crippen LogP contribution in [-0.2, 0) is 0 Å². The molecule has 0 saturated carbocycles. The number of piperidine rings is 1. The summed E-state index contributed by atoms with van der Waals surface area (Å²) >= 11 is 11.6. The molecule has 1 N–H and O–H groups in total. The van der Waals surface area contributed by atoms with Gasteiger partial charge in [-0.2, -0.15) is 0 Å². The van der Waals surface area contributed by atoms with Gasteiger partial charge in [-0.15, -0.1) is 0 Å². The normalized spacial score (nSPS) is 19.7. The number of hydrogen-bond acceptors (Lipinski definition) is 1. The second-order valence-corrected chi connectivity index (χ2v) is 5.73. The third kappa shape index (κ3) is 3.15. The summed E-state index contributed by atoms with van der Waals surface area (Å²) in [5, 5.41) is 4.86. The number of benzene rings is 1. The molecular weight excluding hydrogens is 264 g/mol. The number of halogens is 1. The van der Waals surface area contributed by atoms with Crippen molar-refractivity contribution in [3.63, 3.8) is 0 Å². The Kier molecular flexibility index (Phi) is 4.46. The van der Waals surface area contributed by atoms with E-state index >= 15 is 0 Å². The molecule has 0 spiro atoms. The van der Waals surface area contributed by atoms with Crippen LogP contribution in [0.1, 0.15) is 31.7 Å². The molecule has 0 amide bonds. The summed E-state index contributed by atoms with van der Waals surface area (Å²) in [7, 11) is 0. The maximum Gasteiger partial charge on any atom is 0.173 e. The minimum absolute atomic E-state index is 0.527. The van der Waals surface area contributed by atoms with E-state index in [1.165, 1.54) is 19.3 Å². The van der Waals surface area contributed by atoms with Crippen LogP contribution in [0.15, 0.2) is 18.2 Å². The number of anilines is 1. The molecule has 2 rings (SSSR count). The Morgan fingerprint density at radius 3 is 2.89 bits per heavy atom. The van der Waals surface area contributed by atoms with Crippen LogP contribution in [0.5, 0.6) is 0 Å². The summed E-state index contributed by atoms with van der Waals surface area (Å²) in [6.07, 6.45) is 3.74. The van der Waals surface area contributed by atoms with Crippen LogP contribution in [0.2, 0.25) is 5.02 Å². The number of nitrogens with zero attached hydrogens (tertiary/aromatic N) is 1. The second-order valence-electron chi connectivity index (χ2n) is 4.93. The number of hydrogen-bond donors (Lipinski definition) is 1. The fourth-order valence-corrected chi connectivity index (χ4v) is 2.84. The Morgan fingerprint density at radius 2 is 2.22 bits per heavy atom. The highest BCUT2D eigenvalue weighted by Crippen LogP contribution is 2.22. The summed E-state index contributed by atoms with van der Waals surface area (Å²) in [4.78, 5) is 2.27. The minimum Gasteiger partial charge on any atom is -0.346 e. The highest BCUT2D eigenvalue weighted by molar-refractivity contribution is 7.80. The Hall–Kier alpha value is -0.800. The third-order valence-electron chi connectivity index (χ3n) is 3.49. The zero-order valence-electron chi connectivity index (χ0n) is 10.9. The van der Waals surface area contributed by atoms with Gasteiger partial charge in [-0.05, 0) is 63.0 Å². The highest BCUT2D eigenvalue weighted by atomic mass is 35.5. The van der Waals surface area contributed by atoms with Crippen molar-refractivity contribution >= 4 is 34.6 Å². The van der Waals surface area contributed by atoms with Crippen LogP contribution in [0.25, 0.3) is 0 Å². The molecule has 1 atom stereocenters. The van der Waals surface area contributed by atoms with E-state index in [0.717, 1.165) is 27.9 Å². The average Bonchev–Trinajstić information content (AvgIpc) is 2.34. The Morgan fingerprint density at radius 1 is 1.44 bits per heavy atom. The fraction of sp³-hybridized carbons (Fsp3) is 0.500. The van der Waals surface area contributed by atoms with Gasteiger partial charge in [-0.25, -0.2) is 0 Å². The molecule has 0 radical (unpaired) electrons. The third-order valence-corrected chi connectivity index (χ3v) is 4.23. The van der Waals surface area contributed by atoms with Gasteiger partial charge in [0, 0.05) is 23.3 Å². The number of nitrogens with one attached hydrogen (secondary N) is 1. The molecule has 1 aliphatic rings. The van der Waals surface area contributed by atoms with Gasteiger partial charge in [0.1, 0.15) is 0 Å². The van der Waals surface area contributed by atoms with Crippen molar-refractivity contribution in [3.8, 4) is 0 Å². The number of thiocarbonyl (C=S) groups is 1. The first-order chi connectivity index (χ1) is 8.58. The summed E-state index contributed by atoms with van der Waals surface area (Å²) in [6.45, 7) is 5.28. The Labute approximate surface area is 119 Å². The zero-order chi connectivity index (χ0) is 13.1. The molecule has 2 nitrogen and oxygen atoms in total. The summed E-state index contributed by atoms with van der Waals surface area (Å²) in [5.74, 6) is 0. The van der Waals surface area contributed by atoms with Crippen LogP contribution < -0.4 is 5.32 Å². The molecule has 0 aromatic heterocycles. The average molecular weight is 283 g/mol. The molecule has 0 bridgehead atoms. The van der Waals surface area contributed by atoms with Crippen molar-refractivity contribution in [3.05, 3.63) is 28.8 Å². The predicted molar refractivity (Wildman–Crippen MR) is 82.4 cm³/mol. The molecule has 1 aromatic carbocycles. The molecule has 4 heteroatoms. The monoisotopic (exact) mass is 282 g/mol. The molecule has 0 unspecified atom stereocenters. The zero-order valence-corrected chi connectivity index (χ0v) is 12.4. The lowest BCUT2D eigenvalue weighted by atomic mass is 10.0. The molecule has 1 aliphatic heterocycles. The molecule has 1 saturated heterocycles. The van der Waals surface area contributed by atoms with E-state index in [-0.39, 0.29) is 0 Å². The van der Waals surface area contributed by atoms with E-state index in [0.29, 0.717) is 6.04 Å². The smallest absolute Gasteiger partial charge is 0.173 e. The van der Waals surface area contributed by atoms with Crippen LogP contribution in [0.3, 0.4) is 0 Å². The summed E-state index contributed by atoms with van der Waals surface area (Å²) in [5.41, 5.74) is 2.05. The highest BCUT2D eigenvalue weighted by Gasteiger charge is 2.20. The van der Waals surface area contributed by atoms with Gasteiger partial charge in [-0.3, -0.25) is 0 Å². The molecule has 0 aliphatic carbocycles. The molecule has 1 aromatic rings. The maximum absolute atomic E-state index is 6.11. The van der Waals surface area contributed by atoms with Crippen molar-refractivity contribution in [1.29, 1.82) is 0 Å². The Bertz CT molecular complexity index is 447. The summed E-state index contributed by atoms with van der Waals surface area (Å²) in [6, 6.07) is 6.48. The van der Waals surface area contributed by atoms with Crippen molar-refractivity contribution in [1.82, 2.24) is 4.90 Å². The molecule has 98 valence electrons. The standard InChI is InChI=1S/C14H19ClN2S/c1-10-6-7-12(9-13(10)15)16-14(18)17-8-4-3-5-11(17)2/h6-7,9,11H,3-5,8H2,1-2H3,(H,16,18)/t11-/m1/s1. The lowest BCUT2D eigenvalue weighted by Crippen LogP contribution is -2.44. The van der Waals surface area contributed by atoms with E-state index in [2.05, 4.69) is 17.1 Å². The number of likely N-dealkylation sites (tertiary alicyclic amines) is 1. The molecular formula is C14H19ClN2S. The lowest BCUT2D eigenvalue weighted by molar-refractivity contribution is 0.262. The van der Waals surface area contributed by atoms with Crippen LogP contribution >= 0.6 is 23.8 Å². The molecule has 1 heterocycles. The van der Waals surface area contributed by atoms with Crippen LogP contribution in [0.4, 0.5) is 5.69 Å². The largest absolute Gasteiger partial charge is 0.346 e. The topological polar surface area (TPSA) is 15.3 Å². The van der Waals surface area contributed by atoms with E-state index in [1.807, 2.05) is 25.1 Å². The maximum atomic E-state index is 6.11. The first-order valence-electron chi connectivity index (χ1n) is 6.41. The second kappa shape index (κ2) is 5.89. The quantitative estimate of drug-likeness (QED) is 0.777. The van der Waals surface area contributed by atoms with Crippen molar-refractivity contribution in [2.24, 2.45) is 0 Å². The van der Waals surface area contributed by atoms with Gasteiger partial charge in [0.05, 0.1) is 0 Å². The minimum atomic E-state index is 0.527. The van der Waals surface area contributed by atoms with E-state index in [4.69, 9.17) is 23.8 Å². The van der Waals surface area contributed by atoms with Gasteiger partial charge in [0.2, 0.25) is 0 Å². The van der Waals surface area contributed by atoms with Gasteiger partial charge in [-0.1, -0.05) is 17.7 Å². The van der Waals surface area contributed by atoms with Crippen molar-refractivity contribution in [2.75, 3.05) is 11.9 Å². The fourth-order valence-electron chi connectivity index (χ4n) is 2.27. The van der Waals surface area contributed by atoms with E-state index in [1.54, 1.807) is 0 Å². The first-order valence-corrected chi connectivity index (χ1v) is 7.20. The van der Waals surface area contributed by atoms with Crippen molar-refractivity contribution < 1.29 is 0 Å².